The molecule has 0 fully saturated rings. The molecule has 344 valence electrons. The molecule has 0 amide bonds. The second-order valence-corrected chi connectivity index (χ2v) is 61.1. The molecule has 0 N–H and O–H groups in total. The van der Waals surface area contributed by atoms with Crippen LogP contribution in [0.5, 0.6) is 0 Å². The Labute approximate surface area is 421 Å². The van der Waals surface area contributed by atoms with Gasteiger partial charge in [0.05, 0.1) is 0 Å². The van der Waals surface area contributed by atoms with Gasteiger partial charge in [0.2, 0.25) is 0 Å². The minimum absolute atomic E-state index is 0. The molecule has 0 heterocycles. The second kappa shape index (κ2) is 19.0. The third kappa shape index (κ3) is 9.75. The summed E-state index contributed by atoms with van der Waals surface area (Å²) in [6.07, 6.45) is 0. The molecule has 3 aromatic carbocycles. The van der Waals surface area contributed by atoms with E-state index in [1.165, 1.54) is 0 Å². The van der Waals surface area contributed by atoms with Crippen LogP contribution in [0.15, 0.2) is 40.5 Å². The van der Waals surface area contributed by atoms with Gasteiger partial charge in [0.25, 0.3) is 0 Å². The second-order valence-electron chi connectivity index (χ2n) is 25.4. The molecule has 0 aromatic heterocycles. The van der Waals surface area contributed by atoms with Gasteiger partial charge in [-0.15, -0.1) is 0 Å². The molecule has 0 saturated heterocycles. The molecule has 4 rings (SSSR count). The Morgan fingerprint density at radius 2 is 0.452 bits per heavy atom. The third-order valence-corrected chi connectivity index (χ3v) is 37.1. The van der Waals surface area contributed by atoms with Gasteiger partial charge in [-0.2, -0.15) is 0 Å². The minimum Gasteiger partial charge on any atom is -1.00 e. The summed E-state index contributed by atoms with van der Waals surface area (Å²) in [6.45, 7) is 73.8. The number of allylic oxidation sites excluding steroid dienone is 4. The maximum absolute atomic E-state index is 3.27. The average molecular weight is 1050 g/mol. The molecular formula is C51H87Cl3Si7Ti. The summed E-state index contributed by atoms with van der Waals surface area (Å²) in [6, 6.07) is 8.16. The zero-order valence-corrected chi connectivity index (χ0v) is 55.7. The average Bonchev–Trinajstić information content (AvgIpc) is 3.14. The number of hydrogen-bond donors (Lipinski definition) is 0. The summed E-state index contributed by atoms with van der Waals surface area (Å²) in [5.41, 5.74) is 15.7. The quantitative estimate of drug-likeness (QED) is 0.212. The molecule has 1 aliphatic carbocycles. The van der Waals surface area contributed by atoms with E-state index in [0.29, 0.717) is 0 Å². The fraction of sp³-hybridized carbons (Fsp3) is 0.569. The Hall–Kier alpha value is 0.242. The van der Waals surface area contributed by atoms with Crippen LogP contribution in [0.2, 0.25) is 121 Å². The van der Waals surface area contributed by atoms with Gasteiger partial charge in [0, 0.05) is 0 Å². The molecular weight excluding hydrogens is 963 g/mol. The van der Waals surface area contributed by atoms with E-state index in [1.54, 1.807) is 71.2 Å². The first-order valence-electron chi connectivity index (χ1n) is 22.7. The van der Waals surface area contributed by atoms with Crippen molar-refractivity contribution in [3.8, 4) is 0 Å². The Morgan fingerprint density at radius 3 is 0.613 bits per heavy atom. The van der Waals surface area contributed by atoms with Gasteiger partial charge in [-0.25, -0.2) is 0 Å². The van der Waals surface area contributed by atoms with Crippen LogP contribution >= 0.6 is 0 Å². The molecule has 1 aliphatic rings. The number of aryl methyl sites for hydroxylation is 6. The zero-order valence-electron chi connectivity index (χ0n) is 44.9. The van der Waals surface area contributed by atoms with Crippen LogP contribution in [0, 0.1) is 41.5 Å². The summed E-state index contributed by atoms with van der Waals surface area (Å²) in [4.78, 5) is 0. The SMILES string of the molecule is CC1=C(C)[C]([Ti+3])([Si](c2c(C)cc(C)c([Si](C)(C)C)c2[Si](C)(C)C)(c2c(C)cc(C)c([Si](C)(C)C)c2[Si](C)(C)C)c2c(C)cc(C)c([Si](C)(C)C)c2[Si](C)(C)C)C(C)=C1C.[Cl-].[Cl-].[Cl-]. The van der Waals surface area contributed by atoms with E-state index in [2.05, 4.69) is 226 Å². The molecule has 11 heteroatoms. The summed E-state index contributed by atoms with van der Waals surface area (Å²) >= 11 is 2.83. The molecule has 3 aromatic rings. The smallest absolute Gasteiger partial charge is 1.00 e. The molecule has 0 spiro atoms. The third-order valence-electron chi connectivity index (χ3n) is 14.2. The standard InChI is InChI=1S/C51H87Si7.3ClH.Ti/c1-32-29-35(4)45(49(55(20,21)22)42(32)52(11,12)13)58(48-40(9)38(7)39(8)41(48)10,46-36(5)30-33(2)43(53(14,15)16)50(46)56(23,24)25)47-37(6)31-34(3)44(54(17,18)19)51(47)57(26,27)28;;;;/h29-31H,1-28H3;3*1H;/q;;;;+3/p-3. The van der Waals surface area contributed by atoms with Crippen molar-refractivity contribution in [1.82, 2.24) is 0 Å². The summed E-state index contributed by atoms with van der Waals surface area (Å²) in [5, 5.41) is 16.4. The van der Waals surface area contributed by atoms with Crippen molar-refractivity contribution in [2.45, 2.75) is 190 Å². The fourth-order valence-electron chi connectivity index (χ4n) is 12.5. The van der Waals surface area contributed by atoms with Crippen LogP contribution in [-0.4, -0.2) is 56.5 Å². The van der Waals surface area contributed by atoms with Crippen molar-refractivity contribution in [1.29, 1.82) is 0 Å². The first-order valence-corrected chi connectivity index (χ1v) is 46.5. The van der Waals surface area contributed by atoms with Gasteiger partial charge in [-0.1, -0.05) is 0 Å². The monoisotopic (exact) mass is 1050 g/mol. The summed E-state index contributed by atoms with van der Waals surface area (Å²) in [5.74, 6) is 0. The fourth-order valence-corrected chi connectivity index (χ4v) is 45.9. The Kier molecular flexibility index (Phi) is 18.4. The maximum atomic E-state index is 2.83. The molecule has 0 nitrogen and oxygen atoms in total. The summed E-state index contributed by atoms with van der Waals surface area (Å²) < 4.78 is -0.178. The van der Waals surface area contributed by atoms with E-state index in [-0.39, 0.29) is 40.6 Å². The first-order chi connectivity index (χ1) is 26.1. The van der Waals surface area contributed by atoms with Gasteiger partial charge in [0.15, 0.2) is 0 Å². The van der Waals surface area contributed by atoms with Crippen LogP contribution < -0.4 is 83.9 Å². The molecule has 0 radical (unpaired) electrons. The van der Waals surface area contributed by atoms with Crippen molar-refractivity contribution in [3.05, 3.63) is 73.9 Å². The van der Waals surface area contributed by atoms with Crippen molar-refractivity contribution >= 4 is 103 Å². The molecule has 62 heavy (non-hydrogen) atoms. The predicted octanol–water partition coefficient (Wildman–Crippen LogP) is 1.22. The van der Waals surface area contributed by atoms with Crippen molar-refractivity contribution in [2.75, 3.05) is 0 Å². The molecule has 0 saturated carbocycles. The number of halogens is 3. The van der Waals surface area contributed by atoms with E-state index in [1.807, 2.05) is 31.1 Å². The van der Waals surface area contributed by atoms with Gasteiger partial charge >= 0.3 is 388 Å². The Balaban J connectivity index is 0.00000641. The van der Waals surface area contributed by atoms with E-state index < -0.39 is 56.5 Å². The largest absolute Gasteiger partial charge is 1.00 e. The zero-order chi connectivity index (χ0) is 46.1. The predicted molar refractivity (Wildman–Crippen MR) is 290 cm³/mol. The first kappa shape index (κ1) is 60.3. The molecule has 0 atom stereocenters. The van der Waals surface area contributed by atoms with Crippen molar-refractivity contribution in [2.24, 2.45) is 0 Å². The molecule has 0 bridgehead atoms. The Bertz CT molecular complexity index is 2060. The van der Waals surface area contributed by atoms with E-state index in [9.17, 15) is 0 Å². The van der Waals surface area contributed by atoms with Crippen LogP contribution in [0.1, 0.15) is 61.1 Å². The molecule has 0 aliphatic heterocycles. The van der Waals surface area contributed by atoms with Crippen LogP contribution in [0.4, 0.5) is 0 Å². The topological polar surface area (TPSA) is 0 Å². The normalized spacial score (nSPS) is 15.5. The van der Waals surface area contributed by atoms with Crippen molar-refractivity contribution in [3.63, 3.8) is 0 Å². The minimum atomic E-state index is -3.27. The number of hydrogen-bond acceptors (Lipinski definition) is 0. The Morgan fingerprint density at radius 1 is 0.290 bits per heavy atom. The van der Waals surface area contributed by atoms with E-state index in [0.717, 1.165) is 0 Å². The van der Waals surface area contributed by atoms with Crippen LogP contribution in [0.25, 0.3) is 0 Å². The van der Waals surface area contributed by atoms with Crippen LogP contribution in [0.3, 0.4) is 0 Å². The number of rotatable bonds is 10. The van der Waals surface area contributed by atoms with E-state index >= 15 is 0 Å². The van der Waals surface area contributed by atoms with Gasteiger partial charge in [-0.3, -0.25) is 0 Å². The van der Waals surface area contributed by atoms with E-state index in [4.69, 9.17) is 0 Å². The summed E-state index contributed by atoms with van der Waals surface area (Å²) in [7, 11) is -14.9. The van der Waals surface area contributed by atoms with Crippen LogP contribution in [-0.2, 0) is 20.4 Å². The van der Waals surface area contributed by atoms with Gasteiger partial charge in [-0.05, 0) is 0 Å². The number of benzene rings is 3. The van der Waals surface area contributed by atoms with Gasteiger partial charge in [0.1, 0.15) is 0 Å². The maximum Gasteiger partial charge on any atom is -1.00 e. The molecule has 0 unspecified atom stereocenters. The van der Waals surface area contributed by atoms with Crippen molar-refractivity contribution < 1.29 is 57.7 Å². The van der Waals surface area contributed by atoms with Gasteiger partial charge < -0.3 is 37.2 Å².